The zero-order valence-electron chi connectivity index (χ0n) is 22.8. The van der Waals surface area contributed by atoms with Gasteiger partial charge < -0.3 is 19.1 Å². The Morgan fingerprint density at radius 2 is 1.69 bits per heavy atom. The van der Waals surface area contributed by atoms with Gasteiger partial charge in [-0.05, 0) is 64.3 Å². The molecular weight excluding hydrogens is 540 g/mol. The van der Waals surface area contributed by atoms with Crippen molar-refractivity contribution < 1.29 is 26.8 Å². The van der Waals surface area contributed by atoms with E-state index in [1.807, 2.05) is 32.8 Å². The molecular formula is C27H32N4O6S2. The fraction of sp³-hybridized carbons (Fsp3) is 0.333. The predicted octanol–water partition coefficient (Wildman–Crippen LogP) is 3.55. The first-order valence-corrected chi connectivity index (χ1v) is 14.9. The van der Waals surface area contributed by atoms with Gasteiger partial charge in [0.1, 0.15) is 23.9 Å². The molecule has 0 bridgehead atoms. The van der Waals surface area contributed by atoms with Gasteiger partial charge >= 0.3 is 0 Å². The van der Waals surface area contributed by atoms with E-state index in [0.717, 1.165) is 21.6 Å². The van der Waals surface area contributed by atoms with Crippen LogP contribution in [0.4, 0.5) is 0 Å². The van der Waals surface area contributed by atoms with Gasteiger partial charge in [0, 0.05) is 29.9 Å². The average Bonchev–Trinajstić information content (AvgIpc) is 3.30. The highest BCUT2D eigenvalue weighted by Gasteiger charge is 2.28. The van der Waals surface area contributed by atoms with Gasteiger partial charge in [-0.3, -0.25) is 9.19 Å². The van der Waals surface area contributed by atoms with Crippen molar-refractivity contribution in [2.24, 2.45) is 0 Å². The summed E-state index contributed by atoms with van der Waals surface area (Å²) in [7, 11) is 0.916. The van der Waals surface area contributed by atoms with Crippen molar-refractivity contribution >= 4 is 31.9 Å². The summed E-state index contributed by atoms with van der Waals surface area (Å²) in [5.41, 5.74) is 2.75. The van der Waals surface area contributed by atoms with Crippen LogP contribution in [0.15, 0.2) is 58.7 Å². The molecule has 2 aromatic carbocycles. The molecule has 0 radical (unpaired) electrons. The van der Waals surface area contributed by atoms with Gasteiger partial charge in [0.05, 0.1) is 52.4 Å². The molecule has 0 aliphatic heterocycles. The fourth-order valence-electron chi connectivity index (χ4n) is 4.08. The summed E-state index contributed by atoms with van der Waals surface area (Å²) in [6, 6.07) is 11.0. The minimum absolute atomic E-state index is 0.0159. The predicted molar refractivity (Wildman–Crippen MR) is 150 cm³/mol. The molecule has 2 heterocycles. The summed E-state index contributed by atoms with van der Waals surface area (Å²) in [5, 5.41) is -0.106. The molecule has 39 heavy (non-hydrogen) atoms. The first-order chi connectivity index (χ1) is 18.6. The van der Waals surface area contributed by atoms with Crippen LogP contribution in [0.5, 0.6) is 17.2 Å². The minimum atomic E-state index is -4.18. The van der Waals surface area contributed by atoms with Crippen molar-refractivity contribution in [1.82, 2.24) is 18.8 Å². The lowest BCUT2D eigenvalue weighted by Gasteiger charge is -2.14. The highest BCUT2D eigenvalue weighted by Crippen LogP contribution is 2.30. The van der Waals surface area contributed by atoms with Crippen LogP contribution in [0.2, 0.25) is 0 Å². The van der Waals surface area contributed by atoms with Crippen molar-refractivity contribution in [3.8, 4) is 17.2 Å². The molecule has 0 aliphatic rings. The number of rotatable bonds is 11. The maximum absolute atomic E-state index is 13.9. The number of imidazole rings is 1. The second-order valence-electron chi connectivity index (χ2n) is 9.18. The van der Waals surface area contributed by atoms with E-state index in [-0.39, 0.29) is 21.3 Å². The number of pyridine rings is 1. The molecule has 4 rings (SSSR count). The monoisotopic (exact) mass is 572 g/mol. The summed E-state index contributed by atoms with van der Waals surface area (Å²) in [6.45, 7) is 4.89. The van der Waals surface area contributed by atoms with Crippen molar-refractivity contribution in [2.75, 3.05) is 41.5 Å². The molecule has 2 aromatic heterocycles. The van der Waals surface area contributed by atoms with Crippen molar-refractivity contribution in [3.05, 3.63) is 65.5 Å². The number of hydrogen-bond donors (Lipinski definition) is 0. The number of ether oxygens (including phenoxy) is 3. The Hall–Kier alpha value is -3.48. The quantitative estimate of drug-likeness (QED) is 0.266. The van der Waals surface area contributed by atoms with E-state index in [2.05, 4.69) is 9.97 Å². The third-order valence-corrected chi connectivity index (χ3v) is 9.23. The summed E-state index contributed by atoms with van der Waals surface area (Å²) >= 11 is 0. The minimum Gasteiger partial charge on any atom is -0.497 e. The molecule has 1 atom stereocenters. The molecule has 0 fully saturated rings. The lowest BCUT2D eigenvalue weighted by Crippen LogP contribution is -2.19. The second kappa shape index (κ2) is 11.7. The molecule has 1 unspecified atom stereocenters. The highest BCUT2D eigenvalue weighted by atomic mass is 32.2. The third kappa shape index (κ3) is 5.92. The van der Waals surface area contributed by atoms with Crippen LogP contribution >= 0.6 is 0 Å². The lowest BCUT2D eigenvalue weighted by molar-refractivity contribution is 0.261. The second-order valence-corrected chi connectivity index (χ2v) is 12.3. The Kier molecular flexibility index (Phi) is 8.57. The number of methoxy groups -OCH3 is 2. The van der Waals surface area contributed by atoms with Crippen LogP contribution in [0.25, 0.3) is 11.0 Å². The van der Waals surface area contributed by atoms with Gasteiger partial charge in [0.15, 0.2) is 0 Å². The maximum atomic E-state index is 13.9. The third-order valence-electron chi connectivity index (χ3n) is 6.18. The Balaban J connectivity index is 1.76. The molecule has 0 aliphatic carbocycles. The van der Waals surface area contributed by atoms with Crippen molar-refractivity contribution in [3.63, 3.8) is 0 Å². The number of likely N-dealkylation sites (N-methyl/N-ethyl adjacent to an activating group) is 1. The van der Waals surface area contributed by atoms with E-state index in [0.29, 0.717) is 35.1 Å². The van der Waals surface area contributed by atoms with E-state index < -0.39 is 20.8 Å². The van der Waals surface area contributed by atoms with Crippen molar-refractivity contribution in [1.29, 1.82) is 0 Å². The molecule has 10 nitrogen and oxygen atoms in total. The van der Waals surface area contributed by atoms with E-state index in [1.54, 1.807) is 43.6 Å². The van der Waals surface area contributed by atoms with Crippen LogP contribution in [-0.2, 0) is 26.6 Å². The van der Waals surface area contributed by atoms with E-state index in [9.17, 15) is 12.6 Å². The Labute approximate surface area is 231 Å². The molecule has 0 N–H and O–H groups in total. The molecule has 0 saturated carbocycles. The van der Waals surface area contributed by atoms with Crippen LogP contribution in [-0.4, -0.2) is 72.9 Å². The van der Waals surface area contributed by atoms with Gasteiger partial charge in [0.25, 0.3) is 10.0 Å². The summed E-state index contributed by atoms with van der Waals surface area (Å²) in [6.07, 6.45) is 1.64. The Morgan fingerprint density at radius 3 is 2.33 bits per heavy atom. The zero-order valence-corrected chi connectivity index (χ0v) is 24.4. The normalized spacial score (nSPS) is 12.6. The van der Waals surface area contributed by atoms with Gasteiger partial charge in [-0.25, -0.2) is 17.4 Å². The van der Waals surface area contributed by atoms with Gasteiger partial charge in [-0.15, -0.1) is 0 Å². The molecule has 4 aromatic rings. The zero-order chi connectivity index (χ0) is 28.3. The number of hydrogen-bond acceptors (Lipinski definition) is 9. The molecule has 12 heteroatoms. The molecule has 0 spiro atoms. The van der Waals surface area contributed by atoms with Crippen LogP contribution in [0.3, 0.4) is 0 Å². The average molecular weight is 573 g/mol. The van der Waals surface area contributed by atoms with E-state index >= 15 is 0 Å². The summed E-state index contributed by atoms with van der Waals surface area (Å²) in [4.78, 5) is 10.9. The summed E-state index contributed by atoms with van der Waals surface area (Å²) in [5.74, 6) is 1.66. The number of aromatic nitrogens is 3. The number of fused-ring (bicyclic) bond motifs is 1. The summed E-state index contributed by atoms with van der Waals surface area (Å²) < 4.78 is 59.1. The first-order valence-electron chi connectivity index (χ1n) is 12.1. The largest absolute Gasteiger partial charge is 0.497 e. The molecule has 0 amide bonds. The van der Waals surface area contributed by atoms with E-state index in [4.69, 9.17) is 14.2 Å². The number of benzene rings is 2. The highest BCUT2D eigenvalue weighted by molar-refractivity contribution is 7.91. The SMILES string of the molecule is COc1ccc2c(c1)nc(S(=O)Cc1ncc(C)c(OC)c1C)n2S(=O)(=O)c1ccc(OCCN(C)C)cc1. The fourth-order valence-corrected chi connectivity index (χ4v) is 7.13. The van der Waals surface area contributed by atoms with Crippen molar-refractivity contribution in [2.45, 2.75) is 29.7 Å². The number of aryl methyl sites for hydroxylation is 1. The van der Waals surface area contributed by atoms with E-state index in [1.165, 1.54) is 19.2 Å². The standard InChI is InChI=1S/C27H32N4O6S2/c1-18-16-28-24(19(2)26(18)36-6)17-38(32)27-29-23-15-21(35-5)9-12-25(23)31(27)39(33,34)22-10-7-20(8-11-22)37-14-13-30(3)4/h7-12,15-16H,13-14,17H2,1-6H3. The first kappa shape index (κ1) is 28.5. The topological polar surface area (TPSA) is 113 Å². The van der Waals surface area contributed by atoms with Gasteiger partial charge in [-0.2, -0.15) is 0 Å². The van der Waals surface area contributed by atoms with Gasteiger partial charge in [-0.1, -0.05) is 0 Å². The molecule has 0 saturated heterocycles. The smallest absolute Gasteiger partial charge is 0.270 e. The van der Waals surface area contributed by atoms with Crippen LogP contribution in [0.1, 0.15) is 16.8 Å². The maximum Gasteiger partial charge on any atom is 0.270 e. The number of nitrogens with zero attached hydrogens (tertiary/aromatic N) is 4. The van der Waals surface area contributed by atoms with Crippen LogP contribution in [0, 0.1) is 13.8 Å². The van der Waals surface area contributed by atoms with Gasteiger partial charge in [0.2, 0.25) is 5.16 Å². The molecule has 208 valence electrons. The van der Waals surface area contributed by atoms with Crippen LogP contribution < -0.4 is 14.2 Å². The Bertz CT molecular complexity index is 1620. The lowest BCUT2D eigenvalue weighted by atomic mass is 10.1. The Morgan fingerprint density at radius 1 is 1.00 bits per heavy atom.